The molecule has 5 nitrogen and oxygen atoms in total. The highest BCUT2D eigenvalue weighted by atomic mass is 16.5. The average Bonchev–Trinajstić information content (AvgIpc) is 2.37. The Kier molecular flexibility index (Phi) is 5.36. The number of nitrogens with one attached hydrogen (secondary N) is 1. The second-order valence-electron chi connectivity index (χ2n) is 4.54. The zero-order valence-corrected chi connectivity index (χ0v) is 11.8. The molecule has 19 heavy (non-hydrogen) atoms. The van der Waals surface area contributed by atoms with E-state index in [0.29, 0.717) is 6.42 Å². The van der Waals surface area contributed by atoms with Gasteiger partial charge in [-0.25, -0.2) is 4.79 Å². The number of esters is 1. The number of nitrogens with zero attached hydrogens (tertiary/aromatic N) is 1. The Morgan fingerprint density at radius 3 is 2.26 bits per heavy atom. The van der Waals surface area contributed by atoms with Gasteiger partial charge in [-0.15, -0.1) is 0 Å². The van der Waals surface area contributed by atoms with Gasteiger partial charge in [0, 0.05) is 33.1 Å². The van der Waals surface area contributed by atoms with Gasteiger partial charge in [0.2, 0.25) is 5.91 Å². The Bertz CT molecular complexity index is 441. The van der Waals surface area contributed by atoms with Gasteiger partial charge in [-0.05, 0) is 17.7 Å². The average molecular weight is 264 g/mol. The second kappa shape index (κ2) is 6.78. The molecule has 0 aliphatic rings. The second-order valence-corrected chi connectivity index (χ2v) is 4.54. The summed E-state index contributed by atoms with van der Waals surface area (Å²) in [6.07, 6.45) is 0.417. The summed E-state index contributed by atoms with van der Waals surface area (Å²) in [4.78, 5) is 24.7. The molecule has 1 rings (SSSR count). The number of hydrogen-bond acceptors (Lipinski definition) is 4. The van der Waals surface area contributed by atoms with Crippen LogP contribution in [-0.2, 0) is 20.7 Å². The van der Waals surface area contributed by atoms with Crippen LogP contribution in [-0.4, -0.2) is 39.1 Å². The SMILES string of the molecule is COC(=O)[C@H](Cc1ccc(N(C)C)cc1)NC(C)=O. The van der Waals surface area contributed by atoms with Gasteiger partial charge in [0.15, 0.2) is 0 Å². The lowest BCUT2D eigenvalue weighted by molar-refractivity contribution is -0.144. The predicted octanol–water partition coefficient (Wildman–Crippen LogP) is 0.973. The van der Waals surface area contributed by atoms with Crippen molar-refractivity contribution in [2.75, 3.05) is 26.1 Å². The topological polar surface area (TPSA) is 58.6 Å². The zero-order chi connectivity index (χ0) is 14.4. The highest BCUT2D eigenvalue weighted by Crippen LogP contribution is 2.13. The van der Waals surface area contributed by atoms with E-state index in [2.05, 4.69) is 10.1 Å². The molecule has 0 saturated carbocycles. The van der Waals surface area contributed by atoms with Crippen LogP contribution in [0.4, 0.5) is 5.69 Å². The molecular formula is C14H20N2O3. The van der Waals surface area contributed by atoms with Gasteiger partial charge in [-0.2, -0.15) is 0 Å². The van der Waals surface area contributed by atoms with Crippen LogP contribution < -0.4 is 10.2 Å². The molecule has 1 aromatic carbocycles. The van der Waals surface area contributed by atoms with E-state index >= 15 is 0 Å². The zero-order valence-electron chi connectivity index (χ0n) is 11.8. The van der Waals surface area contributed by atoms with Gasteiger partial charge < -0.3 is 15.0 Å². The molecule has 0 bridgehead atoms. The Labute approximate surface area is 113 Å². The van der Waals surface area contributed by atoms with Gasteiger partial charge in [-0.3, -0.25) is 4.79 Å². The van der Waals surface area contributed by atoms with Gasteiger partial charge in [0.1, 0.15) is 6.04 Å². The van der Waals surface area contributed by atoms with Crippen LogP contribution in [0, 0.1) is 0 Å². The van der Waals surface area contributed by atoms with E-state index in [9.17, 15) is 9.59 Å². The van der Waals surface area contributed by atoms with Crippen molar-refractivity contribution >= 4 is 17.6 Å². The standard InChI is InChI=1S/C14H20N2O3/c1-10(17)15-13(14(18)19-4)9-11-5-7-12(8-6-11)16(2)3/h5-8,13H,9H2,1-4H3,(H,15,17)/t13-/m0/s1. The van der Waals surface area contributed by atoms with Gasteiger partial charge in [0.25, 0.3) is 0 Å². The molecule has 104 valence electrons. The number of methoxy groups -OCH3 is 1. The van der Waals surface area contributed by atoms with Crippen molar-refractivity contribution in [3.8, 4) is 0 Å². The third-order valence-corrected chi connectivity index (χ3v) is 2.76. The summed E-state index contributed by atoms with van der Waals surface area (Å²) in [5.74, 6) is -0.688. The Morgan fingerprint density at radius 2 is 1.84 bits per heavy atom. The molecule has 1 N–H and O–H groups in total. The number of anilines is 1. The minimum atomic E-state index is -0.646. The summed E-state index contributed by atoms with van der Waals surface area (Å²) in [7, 11) is 5.24. The molecule has 0 radical (unpaired) electrons. The van der Waals surface area contributed by atoms with Crippen molar-refractivity contribution in [2.45, 2.75) is 19.4 Å². The van der Waals surface area contributed by atoms with Gasteiger partial charge in [0.05, 0.1) is 7.11 Å². The van der Waals surface area contributed by atoms with Crippen molar-refractivity contribution in [1.29, 1.82) is 0 Å². The largest absolute Gasteiger partial charge is 0.467 e. The van der Waals surface area contributed by atoms with Crippen molar-refractivity contribution < 1.29 is 14.3 Å². The Morgan fingerprint density at radius 1 is 1.26 bits per heavy atom. The van der Waals surface area contributed by atoms with E-state index < -0.39 is 12.0 Å². The number of ether oxygens (including phenoxy) is 1. The molecule has 0 saturated heterocycles. The summed E-state index contributed by atoms with van der Waals surface area (Å²) in [6.45, 7) is 1.38. The fraction of sp³-hybridized carbons (Fsp3) is 0.429. The maximum absolute atomic E-state index is 11.6. The fourth-order valence-electron chi connectivity index (χ4n) is 1.75. The molecule has 1 atom stereocenters. The molecule has 0 aromatic heterocycles. The summed E-state index contributed by atoms with van der Waals surface area (Å²) < 4.78 is 4.69. The lowest BCUT2D eigenvalue weighted by atomic mass is 10.1. The maximum Gasteiger partial charge on any atom is 0.328 e. The summed E-state index contributed by atoms with van der Waals surface area (Å²) in [5.41, 5.74) is 2.05. The monoisotopic (exact) mass is 264 g/mol. The van der Waals surface area contributed by atoms with Crippen molar-refractivity contribution in [3.63, 3.8) is 0 Å². The molecule has 0 aliphatic heterocycles. The number of carbonyl (C=O) groups is 2. The van der Waals surface area contributed by atoms with E-state index in [0.717, 1.165) is 11.3 Å². The van der Waals surface area contributed by atoms with Crippen LogP contribution in [0.25, 0.3) is 0 Å². The van der Waals surface area contributed by atoms with Crippen molar-refractivity contribution in [1.82, 2.24) is 5.32 Å². The summed E-state index contributed by atoms with van der Waals surface area (Å²) in [6, 6.07) is 7.17. The molecule has 5 heteroatoms. The molecule has 0 unspecified atom stereocenters. The first-order chi connectivity index (χ1) is 8.93. The highest BCUT2D eigenvalue weighted by Gasteiger charge is 2.20. The first kappa shape index (κ1) is 15.0. The predicted molar refractivity (Wildman–Crippen MR) is 74.1 cm³/mol. The Hall–Kier alpha value is -2.04. The highest BCUT2D eigenvalue weighted by molar-refractivity contribution is 5.83. The molecule has 0 aliphatic carbocycles. The third kappa shape index (κ3) is 4.62. The van der Waals surface area contributed by atoms with Crippen LogP contribution in [0.15, 0.2) is 24.3 Å². The van der Waals surface area contributed by atoms with E-state index in [-0.39, 0.29) is 5.91 Å². The fourth-order valence-corrected chi connectivity index (χ4v) is 1.75. The van der Waals surface area contributed by atoms with Crippen molar-refractivity contribution in [3.05, 3.63) is 29.8 Å². The van der Waals surface area contributed by atoms with Crippen molar-refractivity contribution in [2.24, 2.45) is 0 Å². The van der Waals surface area contributed by atoms with Crippen LogP contribution >= 0.6 is 0 Å². The van der Waals surface area contributed by atoms with Crippen LogP contribution in [0.5, 0.6) is 0 Å². The molecule has 0 heterocycles. The summed E-state index contributed by atoms with van der Waals surface area (Å²) >= 11 is 0. The minimum Gasteiger partial charge on any atom is -0.467 e. The van der Waals surface area contributed by atoms with E-state index in [1.54, 1.807) is 0 Å². The lowest BCUT2D eigenvalue weighted by Crippen LogP contribution is -2.41. The molecule has 0 spiro atoms. The van der Waals surface area contributed by atoms with E-state index in [4.69, 9.17) is 0 Å². The molecule has 1 amide bonds. The number of amides is 1. The normalized spacial score (nSPS) is 11.6. The number of rotatable bonds is 5. The maximum atomic E-state index is 11.6. The molecule has 0 fully saturated rings. The summed E-state index contributed by atoms with van der Waals surface area (Å²) in [5, 5.41) is 2.59. The first-order valence-corrected chi connectivity index (χ1v) is 6.05. The minimum absolute atomic E-state index is 0.250. The van der Waals surface area contributed by atoms with Gasteiger partial charge >= 0.3 is 5.97 Å². The van der Waals surface area contributed by atoms with Gasteiger partial charge in [-0.1, -0.05) is 12.1 Å². The molecular weight excluding hydrogens is 244 g/mol. The third-order valence-electron chi connectivity index (χ3n) is 2.76. The van der Waals surface area contributed by atoms with Crippen LogP contribution in [0.3, 0.4) is 0 Å². The van der Waals surface area contributed by atoms with E-state index in [1.165, 1.54) is 14.0 Å². The number of benzene rings is 1. The molecule has 1 aromatic rings. The number of carbonyl (C=O) groups excluding carboxylic acids is 2. The van der Waals surface area contributed by atoms with Crippen LogP contribution in [0.2, 0.25) is 0 Å². The lowest BCUT2D eigenvalue weighted by Gasteiger charge is -2.17. The first-order valence-electron chi connectivity index (χ1n) is 6.05. The quantitative estimate of drug-likeness (QED) is 0.805. The number of hydrogen-bond donors (Lipinski definition) is 1. The van der Waals surface area contributed by atoms with E-state index in [1.807, 2.05) is 43.3 Å². The Balaban J connectivity index is 2.78. The van der Waals surface area contributed by atoms with Crippen LogP contribution in [0.1, 0.15) is 12.5 Å². The smallest absolute Gasteiger partial charge is 0.328 e.